The third-order valence-corrected chi connectivity index (χ3v) is 4.47. The van der Waals surface area contributed by atoms with Crippen LogP contribution >= 0.6 is 0 Å². The van der Waals surface area contributed by atoms with E-state index in [1.165, 1.54) is 0 Å². The van der Waals surface area contributed by atoms with E-state index in [1.54, 1.807) is 0 Å². The Kier molecular flexibility index (Phi) is 3.90. The molecule has 2 atom stereocenters. The summed E-state index contributed by atoms with van der Waals surface area (Å²) in [5.41, 5.74) is -0.717. The number of aliphatic carboxylic acids is 1. The zero-order valence-corrected chi connectivity index (χ0v) is 10.9. The van der Waals surface area contributed by atoms with Gasteiger partial charge in [-0.15, -0.1) is 0 Å². The molecule has 0 radical (unpaired) electrons. The third kappa shape index (κ3) is 2.51. The molecule has 1 saturated carbocycles. The number of amides is 1. The molecule has 1 saturated heterocycles. The van der Waals surface area contributed by atoms with Gasteiger partial charge in [0, 0.05) is 13.1 Å². The van der Waals surface area contributed by atoms with Crippen molar-refractivity contribution < 1.29 is 14.7 Å². The van der Waals surface area contributed by atoms with Crippen LogP contribution in [0.2, 0.25) is 0 Å². The van der Waals surface area contributed by atoms with Crippen LogP contribution in [0.15, 0.2) is 0 Å². The van der Waals surface area contributed by atoms with E-state index in [1.807, 2.05) is 6.92 Å². The summed E-state index contributed by atoms with van der Waals surface area (Å²) in [6, 6.07) is 0. The first-order chi connectivity index (χ1) is 8.55. The average Bonchev–Trinajstić information content (AvgIpc) is 2.95. The van der Waals surface area contributed by atoms with Crippen molar-refractivity contribution in [3.8, 4) is 0 Å². The van der Waals surface area contributed by atoms with Crippen molar-refractivity contribution >= 4 is 11.9 Å². The number of carbonyl (C=O) groups excluding carboxylic acids is 1. The molecule has 1 aliphatic heterocycles. The summed E-state index contributed by atoms with van der Waals surface area (Å²) in [4.78, 5) is 23.4. The van der Waals surface area contributed by atoms with Crippen LogP contribution in [0.3, 0.4) is 0 Å². The molecule has 2 aliphatic rings. The SMILES string of the molecule is C[C@@H]1CNC[C@H]1C(=O)NCC1(C(=O)O)CCCC1. The second kappa shape index (κ2) is 5.26. The van der Waals surface area contributed by atoms with Crippen LogP contribution in [-0.4, -0.2) is 36.6 Å². The molecule has 1 heterocycles. The maximum absolute atomic E-state index is 12.0. The van der Waals surface area contributed by atoms with E-state index in [4.69, 9.17) is 0 Å². The van der Waals surface area contributed by atoms with Gasteiger partial charge in [0.2, 0.25) is 5.91 Å². The summed E-state index contributed by atoms with van der Waals surface area (Å²) in [6.07, 6.45) is 3.26. The first kappa shape index (κ1) is 13.3. The van der Waals surface area contributed by atoms with Crippen molar-refractivity contribution in [3.05, 3.63) is 0 Å². The van der Waals surface area contributed by atoms with E-state index in [0.717, 1.165) is 19.4 Å². The Morgan fingerprint density at radius 3 is 2.50 bits per heavy atom. The van der Waals surface area contributed by atoms with Crippen LogP contribution < -0.4 is 10.6 Å². The number of nitrogens with one attached hydrogen (secondary N) is 2. The summed E-state index contributed by atoms with van der Waals surface area (Å²) in [6.45, 7) is 3.90. The zero-order valence-electron chi connectivity index (χ0n) is 10.9. The van der Waals surface area contributed by atoms with E-state index >= 15 is 0 Å². The summed E-state index contributed by atoms with van der Waals surface area (Å²) in [5.74, 6) is -0.454. The van der Waals surface area contributed by atoms with Crippen LogP contribution in [0, 0.1) is 17.3 Å². The normalized spacial score (nSPS) is 30.3. The summed E-state index contributed by atoms with van der Waals surface area (Å²) >= 11 is 0. The molecular weight excluding hydrogens is 232 g/mol. The Hall–Kier alpha value is -1.10. The molecule has 0 aromatic carbocycles. The first-order valence-electron chi connectivity index (χ1n) is 6.77. The Morgan fingerprint density at radius 2 is 2.00 bits per heavy atom. The molecule has 0 spiro atoms. The molecule has 18 heavy (non-hydrogen) atoms. The molecule has 0 bridgehead atoms. The number of carboxylic acids is 1. The van der Waals surface area contributed by atoms with Gasteiger partial charge in [-0.3, -0.25) is 9.59 Å². The zero-order chi connectivity index (χ0) is 13.2. The molecule has 102 valence electrons. The standard InChI is InChI=1S/C13H22N2O3/c1-9-6-14-7-10(9)11(16)15-8-13(12(17)18)4-2-3-5-13/h9-10,14H,2-8H2,1H3,(H,15,16)(H,17,18)/t9-,10-/m1/s1. The van der Waals surface area contributed by atoms with E-state index in [2.05, 4.69) is 10.6 Å². The second-order valence-electron chi connectivity index (χ2n) is 5.75. The predicted molar refractivity (Wildman–Crippen MR) is 67.1 cm³/mol. The highest BCUT2D eigenvalue weighted by molar-refractivity contribution is 5.81. The van der Waals surface area contributed by atoms with Crippen LogP contribution in [0.5, 0.6) is 0 Å². The molecule has 5 nitrogen and oxygen atoms in total. The molecule has 5 heteroatoms. The molecule has 0 aromatic rings. The van der Waals surface area contributed by atoms with E-state index in [9.17, 15) is 14.7 Å². The van der Waals surface area contributed by atoms with Gasteiger partial charge in [-0.1, -0.05) is 19.8 Å². The van der Waals surface area contributed by atoms with Gasteiger partial charge in [0.25, 0.3) is 0 Å². The van der Waals surface area contributed by atoms with Crippen LogP contribution in [0.25, 0.3) is 0 Å². The number of carbonyl (C=O) groups is 2. The number of rotatable bonds is 4. The van der Waals surface area contributed by atoms with Crippen LogP contribution in [0.4, 0.5) is 0 Å². The lowest BCUT2D eigenvalue weighted by Crippen LogP contribution is -2.44. The third-order valence-electron chi connectivity index (χ3n) is 4.47. The highest BCUT2D eigenvalue weighted by atomic mass is 16.4. The molecule has 3 N–H and O–H groups in total. The van der Waals surface area contributed by atoms with Gasteiger partial charge < -0.3 is 15.7 Å². The van der Waals surface area contributed by atoms with Gasteiger partial charge in [0.1, 0.15) is 0 Å². The minimum absolute atomic E-state index is 0.0000231. The van der Waals surface area contributed by atoms with Crippen molar-refractivity contribution in [1.82, 2.24) is 10.6 Å². The van der Waals surface area contributed by atoms with E-state index < -0.39 is 11.4 Å². The highest BCUT2D eigenvalue weighted by Gasteiger charge is 2.42. The second-order valence-corrected chi connectivity index (χ2v) is 5.75. The van der Waals surface area contributed by atoms with Crippen molar-refractivity contribution in [2.75, 3.05) is 19.6 Å². The largest absolute Gasteiger partial charge is 0.481 e. The summed E-state index contributed by atoms with van der Waals surface area (Å²) < 4.78 is 0. The molecule has 0 aromatic heterocycles. The van der Waals surface area contributed by atoms with Gasteiger partial charge in [0.15, 0.2) is 0 Å². The Balaban J connectivity index is 1.90. The maximum atomic E-state index is 12.0. The predicted octanol–water partition coefficient (Wildman–Crippen LogP) is 0.603. The minimum atomic E-state index is -0.766. The molecular formula is C13H22N2O3. The van der Waals surface area contributed by atoms with Gasteiger partial charge in [-0.05, 0) is 25.3 Å². The van der Waals surface area contributed by atoms with Gasteiger partial charge >= 0.3 is 5.97 Å². The monoisotopic (exact) mass is 254 g/mol. The van der Waals surface area contributed by atoms with E-state index in [-0.39, 0.29) is 18.4 Å². The smallest absolute Gasteiger partial charge is 0.311 e. The van der Waals surface area contributed by atoms with Crippen LogP contribution in [-0.2, 0) is 9.59 Å². The fourth-order valence-corrected chi connectivity index (χ4v) is 3.07. The van der Waals surface area contributed by atoms with E-state index in [0.29, 0.717) is 25.3 Å². The van der Waals surface area contributed by atoms with Gasteiger partial charge in [0.05, 0.1) is 11.3 Å². The quantitative estimate of drug-likeness (QED) is 0.686. The van der Waals surface area contributed by atoms with Crippen molar-refractivity contribution in [2.45, 2.75) is 32.6 Å². The van der Waals surface area contributed by atoms with Crippen molar-refractivity contribution in [3.63, 3.8) is 0 Å². The molecule has 1 amide bonds. The minimum Gasteiger partial charge on any atom is -0.481 e. The molecule has 2 fully saturated rings. The summed E-state index contributed by atoms with van der Waals surface area (Å²) in [7, 11) is 0. The lowest BCUT2D eigenvalue weighted by atomic mass is 9.86. The van der Waals surface area contributed by atoms with Gasteiger partial charge in [-0.25, -0.2) is 0 Å². The average molecular weight is 254 g/mol. The summed E-state index contributed by atoms with van der Waals surface area (Å²) in [5, 5.41) is 15.4. The number of carboxylic acid groups (broad SMARTS) is 1. The molecule has 1 aliphatic carbocycles. The lowest BCUT2D eigenvalue weighted by Gasteiger charge is -2.25. The molecule has 2 rings (SSSR count). The first-order valence-corrected chi connectivity index (χ1v) is 6.77. The maximum Gasteiger partial charge on any atom is 0.311 e. The number of hydrogen-bond acceptors (Lipinski definition) is 3. The van der Waals surface area contributed by atoms with Crippen molar-refractivity contribution in [2.24, 2.45) is 17.3 Å². The highest BCUT2D eigenvalue weighted by Crippen LogP contribution is 2.37. The molecule has 0 unspecified atom stereocenters. The fourth-order valence-electron chi connectivity index (χ4n) is 3.07. The fraction of sp³-hybridized carbons (Fsp3) is 0.846. The number of hydrogen-bond donors (Lipinski definition) is 3. The van der Waals surface area contributed by atoms with Gasteiger partial charge in [-0.2, -0.15) is 0 Å². The lowest BCUT2D eigenvalue weighted by molar-refractivity contribution is -0.148. The topological polar surface area (TPSA) is 78.4 Å². The Labute approximate surface area is 107 Å². The Morgan fingerprint density at radius 1 is 1.33 bits per heavy atom. The Bertz CT molecular complexity index is 337. The van der Waals surface area contributed by atoms with Crippen molar-refractivity contribution in [1.29, 1.82) is 0 Å². The van der Waals surface area contributed by atoms with Crippen LogP contribution in [0.1, 0.15) is 32.6 Å².